The Hall–Kier alpha value is -1.60. The Labute approximate surface area is 105 Å². The molecule has 2 rings (SSSR count). The van der Waals surface area contributed by atoms with E-state index < -0.39 is 11.7 Å². The Kier molecular flexibility index (Phi) is 3.27. The first kappa shape index (κ1) is 12.8. The van der Waals surface area contributed by atoms with Gasteiger partial charge in [0.1, 0.15) is 0 Å². The van der Waals surface area contributed by atoms with Crippen molar-refractivity contribution >= 4 is 11.6 Å². The highest BCUT2D eigenvalue weighted by atomic mass is 35.5. The van der Waals surface area contributed by atoms with Crippen LogP contribution in [0.2, 0.25) is 5.02 Å². The van der Waals surface area contributed by atoms with E-state index in [4.69, 9.17) is 16.7 Å². The average Bonchev–Trinajstić information content (AvgIpc) is 2.75. The van der Waals surface area contributed by atoms with E-state index in [0.717, 1.165) is 12.1 Å². The maximum absolute atomic E-state index is 12.5. The first-order valence-electron chi connectivity index (χ1n) is 4.81. The molecule has 8 heteroatoms. The molecule has 96 valence electrons. The lowest BCUT2D eigenvalue weighted by Crippen LogP contribution is -2.07. The molecular formula is C10H7ClF3N3O. The third-order valence-electron chi connectivity index (χ3n) is 2.29. The van der Waals surface area contributed by atoms with E-state index >= 15 is 0 Å². The third kappa shape index (κ3) is 2.32. The van der Waals surface area contributed by atoms with E-state index in [2.05, 4.69) is 10.3 Å². The minimum Gasteiger partial charge on any atom is -0.390 e. The van der Waals surface area contributed by atoms with Gasteiger partial charge in [0, 0.05) is 0 Å². The molecule has 0 saturated heterocycles. The smallest absolute Gasteiger partial charge is 0.390 e. The largest absolute Gasteiger partial charge is 0.416 e. The molecular weight excluding hydrogens is 271 g/mol. The number of hydrogen-bond acceptors (Lipinski definition) is 3. The van der Waals surface area contributed by atoms with Crippen molar-refractivity contribution in [1.29, 1.82) is 0 Å². The number of aliphatic hydroxyl groups is 1. The number of halogens is 4. The van der Waals surface area contributed by atoms with Crippen LogP contribution in [0.3, 0.4) is 0 Å². The molecule has 0 saturated carbocycles. The van der Waals surface area contributed by atoms with Gasteiger partial charge in [-0.2, -0.15) is 13.2 Å². The maximum atomic E-state index is 12.5. The summed E-state index contributed by atoms with van der Waals surface area (Å²) in [4.78, 5) is 0. The molecule has 0 aliphatic carbocycles. The van der Waals surface area contributed by atoms with Crippen molar-refractivity contribution in [3.8, 4) is 5.69 Å². The fourth-order valence-electron chi connectivity index (χ4n) is 1.42. The number of aromatic nitrogens is 3. The predicted octanol–water partition coefficient (Wildman–Crippen LogP) is 2.43. The fourth-order valence-corrected chi connectivity index (χ4v) is 1.68. The molecule has 18 heavy (non-hydrogen) atoms. The van der Waals surface area contributed by atoms with Crippen LogP contribution < -0.4 is 0 Å². The summed E-state index contributed by atoms with van der Waals surface area (Å²) in [5.74, 6) is 0. The molecule has 1 N–H and O–H groups in total. The molecule has 0 bridgehead atoms. The second-order valence-corrected chi connectivity index (χ2v) is 3.87. The van der Waals surface area contributed by atoms with Crippen LogP contribution in [0.4, 0.5) is 13.2 Å². The molecule has 0 amide bonds. The van der Waals surface area contributed by atoms with Crippen LogP contribution in [0.5, 0.6) is 0 Å². The Morgan fingerprint density at radius 3 is 2.61 bits per heavy atom. The molecule has 0 fully saturated rings. The van der Waals surface area contributed by atoms with Gasteiger partial charge >= 0.3 is 6.18 Å². The van der Waals surface area contributed by atoms with Gasteiger partial charge in [-0.25, -0.2) is 4.68 Å². The number of alkyl halides is 3. The Morgan fingerprint density at radius 1 is 1.33 bits per heavy atom. The van der Waals surface area contributed by atoms with E-state index in [9.17, 15) is 13.2 Å². The summed E-state index contributed by atoms with van der Waals surface area (Å²) in [5, 5.41) is 16.1. The highest BCUT2D eigenvalue weighted by Gasteiger charge is 2.31. The summed E-state index contributed by atoms with van der Waals surface area (Å²) in [6.07, 6.45) is -3.15. The molecule has 1 aromatic heterocycles. The van der Waals surface area contributed by atoms with Gasteiger partial charge in [-0.05, 0) is 18.2 Å². The predicted molar refractivity (Wildman–Crippen MR) is 57.3 cm³/mol. The van der Waals surface area contributed by atoms with Crippen LogP contribution in [0.15, 0.2) is 24.4 Å². The molecule has 1 aromatic carbocycles. The van der Waals surface area contributed by atoms with Gasteiger partial charge in [-0.1, -0.05) is 16.8 Å². The minimum atomic E-state index is -4.45. The van der Waals surface area contributed by atoms with E-state index in [1.165, 1.54) is 16.9 Å². The normalized spacial score (nSPS) is 11.8. The molecule has 0 atom stereocenters. The van der Waals surface area contributed by atoms with E-state index in [1.807, 2.05) is 0 Å². The van der Waals surface area contributed by atoms with Gasteiger partial charge in [0.2, 0.25) is 0 Å². The number of rotatable bonds is 2. The zero-order valence-electron chi connectivity index (χ0n) is 8.82. The highest BCUT2D eigenvalue weighted by Crippen LogP contribution is 2.33. The minimum absolute atomic E-state index is 0.120. The first-order valence-corrected chi connectivity index (χ1v) is 5.19. The molecule has 0 radical (unpaired) electrons. The molecule has 0 spiro atoms. The number of nitrogens with zero attached hydrogens (tertiary/aromatic N) is 3. The highest BCUT2D eigenvalue weighted by molar-refractivity contribution is 6.32. The van der Waals surface area contributed by atoms with Gasteiger partial charge in [-0.15, -0.1) is 5.10 Å². The van der Waals surface area contributed by atoms with Crippen LogP contribution in [-0.2, 0) is 12.8 Å². The lowest BCUT2D eigenvalue weighted by atomic mass is 10.2. The molecule has 4 nitrogen and oxygen atoms in total. The fraction of sp³-hybridized carbons (Fsp3) is 0.200. The average molecular weight is 278 g/mol. The number of aliphatic hydroxyl groups excluding tert-OH is 1. The number of hydrogen-bond donors (Lipinski definition) is 1. The lowest BCUT2D eigenvalue weighted by Gasteiger charge is -2.10. The summed E-state index contributed by atoms with van der Waals surface area (Å²) < 4.78 is 38.5. The third-order valence-corrected chi connectivity index (χ3v) is 2.59. The van der Waals surface area contributed by atoms with Crippen molar-refractivity contribution in [1.82, 2.24) is 15.0 Å². The van der Waals surface area contributed by atoms with Gasteiger partial charge in [0.05, 0.1) is 34.8 Å². The summed E-state index contributed by atoms with van der Waals surface area (Å²) >= 11 is 5.79. The summed E-state index contributed by atoms with van der Waals surface area (Å²) in [6.45, 7) is -0.343. The molecule has 1 heterocycles. The Balaban J connectivity index is 2.48. The van der Waals surface area contributed by atoms with E-state index in [1.54, 1.807) is 0 Å². The van der Waals surface area contributed by atoms with Crippen molar-refractivity contribution in [3.63, 3.8) is 0 Å². The molecule has 2 aromatic rings. The maximum Gasteiger partial charge on any atom is 0.416 e. The second-order valence-electron chi connectivity index (χ2n) is 3.46. The lowest BCUT2D eigenvalue weighted by molar-refractivity contribution is -0.137. The van der Waals surface area contributed by atoms with Crippen LogP contribution in [0.25, 0.3) is 5.69 Å². The van der Waals surface area contributed by atoms with E-state index in [-0.39, 0.29) is 17.3 Å². The monoisotopic (exact) mass is 277 g/mol. The number of benzene rings is 1. The molecule has 0 aliphatic rings. The second kappa shape index (κ2) is 4.58. The van der Waals surface area contributed by atoms with Crippen molar-refractivity contribution in [2.45, 2.75) is 12.8 Å². The zero-order chi connectivity index (χ0) is 13.3. The van der Waals surface area contributed by atoms with Crippen LogP contribution >= 0.6 is 11.6 Å². The zero-order valence-corrected chi connectivity index (χ0v) is 9.57. The standard InChI is InChI=1S/C10H7ClF3N3O/c11-8-3-6(10(12,13)14)1-2-9(8)17-7(5-18)4-15-16-17/h1-4,18H,5H2. The first-order chi connectivity index (χ1) is 8.43. The van der Waals surface area contributed by atoms with Crippen LogP contribution in [0.1, 0.15) is 11.3 Å². The summed E-state index contributed by atoms with van der Waals surface area (Å²) in [5.41, 5.74) is -0.287. The van der Waals surface area contributed by atoms with Gasteiger partial charge in [0.25, 0.3) is 0 Å². The van der Waals surface area contributed by atoms with Gasteiger partial charge in [-0.3, -0.25) is 0 Å². The quantitative estimate of drug-likeness (QED) is 0.917. The summed E-state index contributed by atoms with van der Waals surface area (Å²) in [6, 6.07) is 2.88. The Bertz CT molecular complexity index is 568. The van der Waals surface area contributed by atoms with Gasteiger partial charge in [0.15, 0.2) is 0 Å². The van der Waals surface area contributed by atoms with Crippen molar-refractivity contribution < 1.29 is 18.3 Å². The van der Waals surface area contributed by atoms with Gasteiger partial charge < -0.3 is 5.11 Å². The SMILES string of the molecule is OCc1cnnn1-c1ccc(C(F)(F)F)cc1Cl. The van der Waals surface area contributed by atoms with Crippen molar-refractivity contribution in [2.75, 3.05) is 0 Å². The van der Waals surface area contributed by atoms with Crippen molar-refractivity contribution in [2.24, 2.45) is 0 Å². The Morgan fingerprint density at radius 2 is 2.06 bits per heavy atom. The molecule has 0 aliphatic heterocycles. The van der Waals surface area contributed by atoms with Crippen LogP contribution in [0, 0.1) is 0 Å². The van der Waals surface area contributed by atoms with Crippen molar-refractivity contribution in [3.05, 3.63) is 40.7 Å². The van der Waals surface area contributed by atoms with Crippen LogP contribution in [-0.4, -0.2) is 20.1 Å². The summed E-state index contributed by atoms with van der Waals surface area (Å²) in [7, 11) is 0. The van der Waals surface area contributed by atoms with E-state index in [0.29, 0.717) is 5.69 Å². The topological polar surface area (TPSA) is 50.9 Å². The molecule has 0 unspecified atom stereocenters.